The Bertz CT molecular complexity index is 576. The maximum absolute atomic E-state index is 13.2. The third-order valence-corrected chi connectivity index (χ3v) is 2.45. The van der Waals surface area contributed by atoms with Crippen LogP contribution in [0.25, 0.3) is 11.3 Å². The summed E-state index contributed by atoms with van der Waals surface area (Å²) in [7, 11) is 1.63. The molecule has 0 bridgehead atoms. The molecule has 2 aromatic rings. The fraction of sp³-hybridized carbons (Fsp3) is 0.167. The van der Waals surface area contributed by atoms with Gasteiger partial charge < -0.3 is 5.32 Å². The fourth-order valence-electron chi connectivity index (χ4n) is 1.55. The predicted octanol–water partition coefficient (Wildman–Crippen LogP) is 2.91. The van der Waals surface area contributed by atoms with Gasteiger partial charge in [0.05, 0.1) is 5.69 Å². The van der Waals surface area contributed by atoms with Gasteiger partial charge >= 0.3 is 0 Å². The van der Waals surface area contributed by atoms with Gasteiger partial charge in [0.15, 0.2) is 17.5 Å². The normalized spacial score (nSPS) is 10.5. The lowest BCUT2D eigenvalue weighted by Crippen LogP contribution is -2.00. The molecule has 2 rings (SSSR count). The number of benzene rings is 1. The molecule has 0 saturated heterocycles. The summed E-state index contributed by atoms with van der Waals surface area (Å²) in [6.07, 6.45) is 1.52. The summed E-state index contributed by atoms with van der Waals surface area (Å²) in [4.78, 5) is 8.06. The largest absolute Gasteiger partial charge is 0.357 e. The van der Waals surface area contributed by atoms with E-state index in [1.165, 1.54) is 6.20 Å². The van der Waals surface area contributed by atoms with Crippen LogP contribution in [-0.4, -0.2) is 17.0 Å². The summed E-state index contributed by atoms with van der Waals surface area (Å²) in [5.41, 5.74) is 1.16. The number of rotatable bonds is 2. The zero-order chi connectivity index (χ0) is 13.3. The first kappa shape index (κ1) is 12.3. The van der Waals surface area contributed by atoms with Gasteiger partial charge in [-0.25, -0.2) is 23.1 Å². The zero-order valence-corrected chi connectivity index (χ0v) is 9.76. The first-order valence-electron chi connectivity index (χ1n) is 5.19. The number of hydrogen-bond acceptors (Lipinski definition) is 3. The smallest absolute Gasteiger partial charge is 0.222 e. The highest BCUT2D eigenvalue weighted by Gasteiger charge is 2.14. The van der Waals surface area contributed by atoms with E-state index < -0.39 is 17.5 Å². The zero-order valence-electron chi connectivity index (χ0n) is 9.76. The van der Waals surface area contributed by atoms with E-state index in [1.807, 2.05) is 0 Å². The van der Waals surface area contributed by atoms with Crippen LogP contribution in [0.15, 0.2) is 18.3 Å². The van der Waals surface area contributed by atoms with E-state index in [0.717, 1.165) is 12.1 Å². The second-order valence-electron chi connectivity index (χ2n) is 3.73. The van der Waals surface area contributed by atoms with Gasteiger partial charge in [0.1, 0.15) is 0 Å². The minimum Gasteiger partial charge on any atom is -0.357 e. The van der Waals surface area contributed by atoms with Crippen molar-refractivity contribution in [3.05, 3.63) is 41.3 Å². The van der Waals surface area contributed by atoms with Crippen molar-refractivity contribution < 1.29 is 13.2 Å². The van der Waals surface area contributed by atoms with Crippen molar-refractivity contribution in [1.82, 2.24) is 9.97 Å². The molecule has 0 amide bonds. The topological polar surface area (TPSA) is 37.8 Å². The maximum atomic E-state index is 13.2. The van der Waals surface area contributed by atoms with Crippen molar-refractivity contribution >= 4 is 5.95 Å². The minimum absolute atomic E-state index is 0.169. The van der Waals surface area contributed by atoms with E-state index in [4.69, 9.17) is 0 Å². The first-order valence-corrected chi connectivity index (χ1v) is 5.19. The van der Waals surface area contributed by atoms with Crippen molar-refractivity contribution in [1.29, 1.82) is 0 Å². The number of hydrogen-bond donors (Lipinski definition) is 1. The third-order valence-electron chi connectivity index (χ3n) is 2.45. The van der Waals surface area contributed by atoms with Gasteiger partial charge in [0, 0.05) is 18.8 Å². The molecule has 1 N–H and O–H groups in total. The molecule has 0 radical (unpaired) electrons. The number of aryl methyl sites for hydroxylation is 1. The van der Waals surface area contributed by atoms with Crippen molar-refractivity contribution in [3.63, 3.8) is 0 Å². The fourth-order valence-corrected chi connectivity index (χ4v) is 1.55. The Morgan fingerprint density at radius 2 is 1.72 bits per heavy atom. The van der Waals surface area contributed by atoms with Crippen LogP contribution in [0.5, 0.6) is 0 Å². The van der Waals surface area contributed by atoms with Crippen molar-refractivity contribution in [2.45, 2.75) is 6.92 Å². The molecule has 0 fully saturated rings. The van der Waals surface area contributed by atoms with E-state index in [1.54, 1.807) is 14.0 Å². The average Bonchev–Trinajstić information content (AvgIpc) is 2.36. The highest BCUT2D eigenvalue weighted by Crippen LogP contribution is 2.25. The molecule has 0 atom stereocenters. The van der Waals surface area contributed by atoms with E-state index in [9.17, 15) is 13.2 Å². The van der Waals surface area contributed by atoms with Crippen molar-refractivity contribution in [2.75, 3.05) is 12.4 Å². The Kier molecular flexibility index (Phi) is 3.18. The lowest BCUT2D eigenvalue weighted by molar-refractivity contribution is 0.447. The molecule has 0 unspecified atom stereocenters. The Labute approximate surface area is 102 Å². The van der Waals surface area contributed by atoms with Crippen LogP contribution in [-0.2, 0) is 0 Å². The minimum atomic E-state index is -1.49. The number of nitrogens with zero attached hydrogens (tertiary/aromatic N) is 2. The van der Waals surface area contributed by atoms with Gasteiger partial charge in [0.25, 0.3) is 0 Å². The summed E-state index contributed by atoms with van der Waals surface area (Å²) in [5.74, 6) is -3.65. The van der Waals surface area contributed by atoms with Crippen LogP contribution >= 0.6 is 0 Å². The molecule has 0 aliphatic carbocycles. The van der Waals surface area contributed by atoms with Gasteiger partial charge in [-0.05, 0) is 24.6 Å². The molecule has 18 heavy (non-hydrogen) atoms. The number of anilines is 1. The van der Waals surface area contributed by atoms with E-state index >= 15 is 0 Å². The Morgan fingerprint density at radius 1 is 1.11 bits per heavy atom. The Morgan fingerprint density at radius 3 is 2.28 bits per heavy atom. The average molecular weight is 253 g/mol. The van der Waals surface area contributed by atoms with Gasteiger partial charge in [-0.1, -0.05) is 0 Å². The molecule has 1 heterocycles. The molecular formula is C12H10F3N3. The standard InChI is InChI=1S/C12H10F3N3/c1-6-5-17-12(16-2)18-11(6)7-3-8(13)10(15)9(14)4-7/h3-5H,1-2H3,(H,16,17,18). The van der Waals surface area contributed by atoms with Crippen LogP contribution in [0.3, 0.4) is 0 Å². The van der Waals surface area contributed by atoms with E-state index in [0.29, 0.717) is 17.2 Å². The highest BCUT2D eigenvalue weighted by molar-refractivity contribution is 5.63. The van der Waals surface area contributed by atoms with Gasteiger partial charge in [-0.2, -0.15) is 0 Å². The number of halogens is 3. The molecule has 3 nitrogen and oxygen atoms in total. The third kappa shape index (κ3) is 2.13. The van der Waals surface area contributed by atoms with Gasteiger partial charge in [0.2, 0.25) is 5.95 Å². The van der Waals surface area contributed by atoms with Crippen LogP contribution in [0.1, 0.15) is 5.56 Å². The second kappa shape index (κ2) is 4.64. The van der Waals surface area contributed by atoms with Crippen LogP contribution in [0, 0.1) is 24.4 Å². The summed E-state index contributed by atoms with van der Waals surface area (Å²) < 4.78 is 39.2. The molecule has 0 aliphatic heterocycles. The van der Waals surface area contributed by atoms with E-state index in [-0.39, 0.29) is 5.56 Å². The molecule has 94 valence electrons. The summed E-state index contributed by atoms with van der Waals surface area (Å²) >= 11 is 0. The number of nitrogens with one attached hydrogen (secondary N) is 1. The summed E-state index contributed by atoms with van der Waals surface area (Å²) in [5, 5.41) is 2.72. The monoisotopic (exact) mass is 253 g/mol. The predicted molar refractivity (Wildman–Crippen MR) is 61.6 cm³/mol. The Balaban J connectivity index is 2.61. The highest BCUT2D eigenvalue weighted by atomic mass is 19.2. The van der Waals surface area contributed by atoms with Crippen LogP contribution in [0.2, 0.25) is 0 Å². The Hall–Kier alpha value is -2.11. The molecule has 6 heteroatoms. The molecule has 1 aromatic carbocycles. The maximum Gasteiger partial charge on any atom is 0.222 e. The summed E-state index contributed by atoms with van der Waals surface area (Å²) in [6.45, 7) is 1.70. The SMILES string of the molecule is CNc1ncc(C)c(-c2cc(F)c(F)c(F)c2)n1. The lowest BCUT2D eigenvalue weighted by atomic mass is 10.1. The molecule has 0 aliphatic rings. The molecule has 0 spiro atoms. The lowest BCUT2D eigenvalue weighted by Gasteiger charge is -2.07. The summed E-state index contributed by atoms with van der Waals surface area (Å²) in [6, 6.07) is 1.82. The number of aromatic nitrogens is 2. The van der Waals surface area contributed by atoms with Crippen molar-refractivity contribution in [3.8, 4) is 11.3 Å². The van der Waals surface area contributed by atoms with Crippen LogP contribution < -0.4 is 5.32 Å². The first-order chi connectivity index (χ1) is 8.52. The van der Waals surface area contributed by atoms with Gasteiger partial charge in [-0.3, -0.25) is 0 Å². The van der Waals surface area contributed by atoms with Gasteiger partial charge in [-0.15, -0.1) is 0 Å². The second-order valence-corrected chi connectivity index (χ2v) is 3.73. The molecular weight excluding hydrogens is 243 g/mol. The van der Waals surface area contributed by atoms with E-state index in [2.05, 4.69) is 15.3 Å². The quantitative estimate of drug-likeness (QED) is 0.836. The molecule has 0 saturated carbocycles. The van der Waals surface area contributed by atoms with Crippen LogP contribution in [0.4, 0.5) is 19.1 Å². The van der Waals surface area contributed by atoms with Crippen molar-refractivity contribution in [2.24, 2.45) is 0 Å². The molecule has 1 aromatic heterocycles.